The normalized spacial score (nSPS) is 11.6. The minimum atomic E-state index is -0.887. The predicted octanol–water partition coefficient (Wildman–Crippen LogP) is 2.44. The standard InChI is InChI=1S/C13H17NO3/c1-4-7-17-11-6-5-9(2)12(8-11)14-10(3)13(15)16/h4-6,8,10,14H,1,7H2,2-3H3,(H,15,16). The van der Waals surface area contributed by atoms with Crippen molar-refractivity contribution in [3.63, 3.8) is 0 Å². The molecule has 0 radical (unpaired) electrons. The molecule has 2 N–H and O–H groups in total. The molecule has 1 unspecified atom stereocenters. The molecule has 0 saturated heterocycles. The molecule has 1 atom stereocenters. The van der Waals surface area contributed by atoms with Crippen molar-refractivity contribution in [3.05, 3.63) is 36.4 Å². The number of carboxylic acids is 1. The van der Waals surface area contributed by atoms with Crippen LogP contribution in [0.3, 0.4) is 0 Å². The molecule has 0 aromatic heterocycles. The second-order valence-electron chi connectivity index (χ2n) is 3.78. The number of rotatable bonds is 6. The van der Waals surface area contributed by atoms with Crippen LogP contribution in [0.2, 0.25) is 0 Å². The van der Waals surface area contributed by atoms with E-state index in [1.54, 1.807) is 19.1 Å². The molecule has 4 nitrogen and oxygen atoms in total. The van der Waals surface area contributed by atoms with Gasteiger partial charge in [-0.15, -0.1) is 0 Å². The maximum atomic E-state index is 10.8. The zero-order valence-electron chi connectivity index (χ0n) is 10.1. The van der Waals surface area contributed by atoms with E-state index in [9.17, 15) is 4.79 Å². The van der Waals surface area contributed by atoms with Gasteiger partial charge in [-0.05, 0) is 25.5 Å². The van der Waals surface area contributed by atoms with Gasteiger partial charge in [-0.1, -0.05) is 18.7 Å². The summed E-state index contributed by atoms with van der Waals surface area (Å²) in [6.07, 6.45) is 1.66. The predicted molar refractivity (Wildman–Crippen MR) is 67.6 cm³/mol. The van der Waals surface area contributed by atoms with E-state index in [2.05, 4.69) is 11.9 Å². The number of hydrogen-bond acceptors (Lipinski definition) is 3. The van der Waals surface area contributed by atoms with Crippen LogP contribution in [-0.2, 0) is 4.79 Å². The number of carbonyl (C=O) groups is 1. The van der Waals surface area contributed by atoms with Crippen molar-refractivity contribution >= 4 is 11.7 Å². The van der Waals surface area contributed by atoms with E-state index in [0.29, 0.717) is 12.4 Å². The van der Waals surface area contributed by atoms with E-state index < -0.39 is 12.0 Å². The SMILES string of the molecule is C=CCOc1ccc(C)c(NC(C)C(=O)O)c1. The Balaban J connectivity index is 2.82. The topological polar surface area (TPSA) is 58.6 Å². The first kappa shape index (κ1) is 13.1. The van der Waals surface area contributed by atoms with Gasteiger partial charge in [-0.3, -0.25) is 4.79 Å². The molecule has 0 aliphatic carbocycles. The summed E-state index contributed by atoms with van der Waals surface area (Å²) in [5, 5.41) is 11.8. The molecule has 0 amide bonds. The smallest absolute Gasteiger partial charge is 0.325 e. The van der Waals surface area contributed by atoms with Crippen molar-refractivity contribution < 1.29 is 14.6 Å². The fourth-order valence-electron chi connectivity index (χ4n) is 1.30. The highest BCUT2D eigenvalue weighted by Gasteiger charge is 2.11. The zero-order valence-corrected chi connectivity index (χ0v) is 10.1. The first-order valence-electron chi connectivity index (χ1n) is 5.38. The summed E-state index contributed by atoms with van der Waals surface area (Å²) in [5.41, 5.74) is 1.74. The van der Waals surface area contributed by atoms with Crippen molar-refractivity contribution in [3.8, 4) is 5.75 Å². The number of hydrogen-bond donors (Lipinski definition) is 2. The van der Waals surface area contributed by atoms with Gasteiger partial charge in [0.1, 0.15) is 18.4 Å². The van der Waals surface area contributed by atoms with Gasteiger partial charge in [0.05, 0.1) is 0 Å². The van der Waals surface area contributed by atoms with Crippen molar-refractivity contribution in [2.24, 2.45) is 0 Å². The Morgan fingerprint density at radius 1 is 1.65 bits per heavy atom. The van der Waals surface area contributed by atoms with Gasteiger partial charge in [0.15, 0.2) is 0 Å². The molecule has 4 heteroatoms. The average molecular weight is 235 g/mol. The van der Waals surface area contributed by atoms with E-state index in [0.717, 1.165) is 11.3 Å². The largest absolute Gasteiger partial charge is 0.489 e. The van der Waals surface area contributed by atoms with Crippen LogP contribution in [0.4, 0.5) is 5.69 Å². The molecule has 92 valence electrons. The van der Waals surface area contributed by atoms with Crippen LogP contribution in [-0.4, -0.2) is 23.7 Å². The van der Waals surface area contributed by atoms with Crippen LogP contribution >= 0.6 is 0 Å². The summed E-state index contributed by atoms with van der Waals surface area (Å²) in [4.78, 5) is 10.8. The van der Waals surface area contributed by atoms with E-state index in [1.165, 1.54) is 0 Å². The van der Waals surface area contributed by atoms with Gasteiger partial charge < -0.3 is 15.2 Å². The Morgan fingerprint density at radius 2 is 2.35 bits per heavy atom. The maximum absolute atomic E-state index is 10.8. The van der Waals surface area contributed by atoms with Gasteiger partial charge in [-0.2, -0.15) is 0 Å². The van der Waals surface area contributed by atoms with Crippen molar-refractivity contribution in [1.29, 1.82) is 0 Å². The second-order valence-corrected chi connectivity index (χ2v) is 3.78. The van der Waals surface area contributed by atoms with E-state index in [1.807, 2.05) is 19.1 Å². The molecule has 0 aliphatic heterocycles. The Bertz CT molecular complexity index is 415. The lowest BCUT2D eigenvalue weighted by Crippen LogP contribution is -2.25. The molecule has 0 spiro atoms. The molecule has 0 heterocycles. The fraction of sp³-hybridized carbons (Fsp3) is 0.308. The van der Waals surface area contributed by atoms with Gasteiger partial charge in [0.25, 0.3) is 0 Å². The third kappa shape index (κ3) is 3.83. The Labute approximate surface area is 101 Å². The third-order valence-corrected chi connectivity index (χ3v) is 2.32. The molecule has 0 saturated carbocycles. The number of anilines is 1. The monoisotopic (exact) mass is 235 g/mol. The van der Waals surface area contributed by atoms with Crippen LogP contribution in [0.5, 0.6) is 5.75 Å². The van der Waals surface area contributed by atoms with Crippen LogP contribution in [0.15, 0.2) is 30.9 Å². The van der Waals surface area contributed by atoms with E-state index in [-0.39, 0.29) is 0 Å². The summed E-state index contributed by atoms with van der Waals surface area (Å²) in [7, 11) is 0. The molecule has 0 fully saturated rings. The molecule has 1 aromatic rings. The Hall–Kier alpha value is -1.97. The Kier molecular flexibility index (Phi) is 4.57. The molecule has 0 aliphatic rings. The van der Waals surface area contributed by atoms with E-state index >= 15 is 0 Å². The Morgan fingerprint density at radius 3 is 2.94 bits per heavy atom. The summed E-state index contributed by atoms with van der Waals surface area (Å²) < 4.78 is 5.39. The highest BCUT2D eigenvalue weighted by atomic mass is 16.5. The lowest BCUT2D eigenvalue weighted by atomic mass is 10.1. The lowest BCUT2D eigenvalue weighted by Gasteiger charge is -2.14. The molecular formula is C13H17NO3. The van der Waals surface area contributed by atoms with Crippen molar-refractivity contribution in [2.45, 2.75) is 19.9 Å². The van der Waals surface area contributed by atoms with Crippen LogP contribution in [0.25, 0.3) is 0 Å². The summed E-state index contributed by atoms with van der Waals surface area (Å²) >= 11 is 0. The lowest BCUT2D eigenvalue weighted by molar-refractivity contribution is -0.137. The first-order chi connectivity index (χ1) is 8.04. The second kappa shape index (κ2) is 5.94. The highest BCUT2D eigenvalue weighted by Crippen LogP contribution is 2.22. The third-order valence-electron chi connectivity index (χ3n) is 2.32. The maximum Gasteiger partial charge on any atom is 0.325 e. The summed E-state index contributed by atoms with van der Waals surface area (Å²) in [6, 6.07) is 4.88. The quantitative estimate of drug-likeness (QED) is 0.743. The van der Waals surface area contributed by atoms with E-state index in [4.69, 9.17) is 9.84 Å². The fourth-order valence-corrected chi connectivity index (χ4v) is 1.30. The van der Waals surface area contributed by atoms with Gasteiger partial charge in [0.2, 0.25) is 0 Å². The van der Waals surface area contributed by atoms with Crippen LogP contribution in [0, 0.1) is 6.92 Å². The minimum absolute atomic E-state index is 0.428. The minimum Gasteiger partial charge on any atom is -0.489 e. The summed E-state index contributed by atoms with van der Waals surface area (Å²) in [6.45, 7) is 7.50. The number of aryl methyl sites for hydroxylation is 1. The molecule has 17 heavy (non-hydrogen) atoms. The van der Waals surface area contributed by atoms with Crippen LogP contribution in [0.1, 0.15) is 12.5 Å². The average Bonchev–Trinajstić information content (AvgIpc) is 2.29. The highest BCUT2D eigenvalue weighted by molar-refractivity contribution is 5.77. The molecule has 0 bridgehead atoms. The van der Waals surface area contributed by atoms with Crippen molar-refractivity contribution in [1.82, 2.24) is 0 Å². The van der Waals surface area contributed by atoms with Gasteiger partial charge in [-0.25, -0.2) is 0 Å². The summed E-state index contributed by atoms with van der Waals surface area (Å²) in [5.74, 6) is -0.197. The van der Waals surface area contributed by atoms with Gasteiger partial charge in [0, 0.05) is 11.8 Å². The number of benzene rings is 1. The molecule has 1 aromatic carbocycles. The number of aliphatic carboxylic acids is 1. The molecule has 1 rings (SSSR count). The van der Waals surface area contributed by atoms with Crippen molar-refractivity contribution in [2.75, 3.05) is 11.9 Å². The van der Waals surface area contributed by atoms with Gasteiger partial charge >= 0.3 is 5.97 Å². The first-order valence-corrected chi connectivity index (χ1v) is 5.38. The number of nitrogens with one attached hydrogen (secondary N) is 1. The number of ether oxygens (including phenoxy) is 1. The zero-order chi connectivity index (χ0) is 12.8. The molecular weight excluding hydrogens is 218 g/mol. The number of carboxylic acid groups (broad SMARTS) is 1. The van der Waals surface area contributed by atoms with Crippen LogP contribution < -0.4 is 10.1 Å².